The van der Waals surface area contributed by atoms with E-state index in [1.165, 1.54) is 20.3 Å². The minimum absolute atomic E-state index is 0.00670. The van der Waals surface area contributed by atoms with Crippen molar-refractivity contribution in [2.24, 2.45) is 11.0 Å². The van der Waals surface area contributed by atoms with Gasteiger partial charge < -0.3 is 23.8 Å². The number of esters is 2. The van der Waals surface area contributed by atoms with Crippen LogP contribution in [0.25, 0.3) is 0 Å². The number of methoxy groups -OCH3 is 3. The Morgan fingerprint density at radius 2 is 1.58 bits per heavy atom. The molecule has 0 N–H and O–H groups in total. The number of piperidine rings is 1. The lowest BCUT2D eigenvalue weighted by molar-refractivity contribution is -0.141. The van der Waals surface area contributed by atoms with Crippen LogP contribution in [0.2, 0.25) is 0 Å². The summed E-state index contributed by atoms with van der Waals surface area (Å²) < 4.78 is 35.8. The first-order chi connectivity index (χ1) is 20.8. The van der Waals surface area contributed by atoms with Gasteiger partial charge in [0.15, 0.2) is 0 Å². The van der Waals surface area contributed by atoms with Crippen molar-refractivity contribution in [3.8, 4) is 11.5 Å². The van der Waals surface area contributed by atoms with Crippen LogP contribution < -0.4 is 19.4 Å². The lowest BCUT2D eigenvalue weighted by Crippen LogP contribution is -2.38. The van der Waals surface area contributed by atoms with Gasteiger partial charge >= 0.3 is 11.9 Å². The molecule has 9 nitrogen and oxygen atoms in total. The van der Waals surface area contributed by atoms with E-state index >= 15 is 0 Å². The maximum Gasteiger partial charge on any atom is 0.337 e. The molecule has 2 heterocycles. The zero-order chi connectivity index (χ0) is 30.5. The summed E-state index contributed by atoms with van der Waals surface area (Å²) in [4.78, 5) is 26.2. The van der Waals surface area contributed by atoms with Crippen molar-refractivity contribution in [1.82, 2.24) is 0 Å². The molecule has 1 fully saturated rings. The maximum absolute atomic E-state index is 14.4. The van der Waals surface area contributed by atoms with E-state index in [4.69, 9.17) is 24.0 Å². The summed E-state index contributed by atoms with van der Waals surface area (Å²) in [5.74, 6) is 0.287. The molecule has 1 saturated heterocycles. The maximum atomic E-state index is 14.4. The van der Waals surface area contributed by atoms with Crippen molar-refractivity contribution in [3.05, 3.63) is 83.7 Å². The Hall–Kier alpha value is -4.60. The first-order valence-corrected chi connectivity index (χ1v) is 14.3. The van der Waals surface area contributed by atoms with Gasteiger partial charge in [-0.15, -0.1) is 0 Å². The molecule has 0 amide bonds. The van der Waals surface area contributed by atoms with Crippen molar-refractivity contribution >= 4 is 29.0 Å². The number of hydrogen-bond acceptors (Lipinski definition) is 9. The Morgan fingerprint density at radius 1 is 0.907 bits per heavy atom. The fourth-order valence-electron chi connectivity index (χ4n) is 5.60. The Labute approximate surface area is 250 Å². The highest BCUT2D eigenvalue weighted by molar-refractivity contribution is 6.05. The van der Waals surface area contributed by atoms with Gasteiger partial charge in [-0.3, -0.25) is 9.80 Å². The fraction of sp³-hybridized carbons (Fsp3) is 0.364. The summed E-state index contributed by atoms with van der Waals surface area (Å²) >= 11 is 0. The van der Waals surface area contributed by atoms with Crippen LogP contribution in [0.1, 0.15) is 42.1 Å². The molecule has 0 radical (unpaired) electrons. The minimum atomic E-state index is -0.406. The summed E-state index contributed by atoms with van der Waals surface area (Å²) in [5, 5.41) is 6.77. The molecule has 226 valence electrons. The van der Waals surface area contributed by atoms with E-state index < -0.39 is 5.97 Å². The lowest BCUT2D eigenvalue weighted by Gasteiger charge is -2.34. The third-order valence-electron chi connectivity index (χ3n) is 8.08. The predicted molar refractivity (Wildman–Crippen MR) is 162 cm³/mol. The van der Waals surface area contributed by atoms with E-state index in [-0.39, 0.29) is 36.3 Å². The molecule has 2 unspecified atom stereocenters. The SMILES string of the molecule is COC(=O)CC1C(C)C(c2ccc(C(=O)OC)cc2)=NN1c1ccc(OC2CCN(c3cc(OC)ccc3F)CC2)cc1. The smallest absolute Gasteiger partial charge is 0.337 e. The fourth-order valence-corrected chi connectivity index (χ4v) is 5.60. The third-order valence-corrected chi connectivity index (χ3v) is 8.08. The van der Waals surface area contributed by atoms with Gasteiger partial charge in [-0.2, -0.15) is 5.10 Å². The van der Waals surface area contributed by atoms with Crippen LogP contribution in [0.5, 0.6) is 11.5 Å². The molecule has 2 atom stereocenters. The number of halogens is 1. The Kier molecular flexibility index (Phi) is 9.13. The van der Waals surface area contributed by atoms with Crippen LogP contribution in [0.3, 0.4) is 0 Å². The van der Waals surface area contributed by atoms with Gasteiger partial charge in [0.2, 0.25) is 0 Å². The molecular weight excluding hydrogens is 553 g/mol. The topological polar surface area (TPSA) is 89.9 Å². The number of benzene rings is 3. The zero-order valence-electron chi connectivity index (χ0n) is 24.8. The standard InChI is InChI=1S/C33H36FN3O6/c1-21-29(20-31(38)41-3)37(35-32(21)22-5-7-23(8-6-22)33(39)42-4)24-9-11-25(12-10-24)43-26-15-17-36(18-16-26)30-19-27(40-2)13-14-28(30)34/h5-14,19,21,26,29H,15-18,20H2,1-4H3. The molecule has 3 aromatic rings. The van der Waals surface area contributed by atoms with E-state index in [0.717, 1.165) is 35.6 Å². The van der Waals surface area contributed by atoms with Crippen molar-refractivity contribution in [2.45, 2.75) is 38.3 Å². The highest BCUT2D eigenvalue weighted by atomic mass is 19.1. The number of hydrogen-bond donors (Lipinski definition) is 0. The molecular formula is C33H36FN3O6. The first-order valence-electron chi connectivity index (χ1n) is 14.3. The zero-order valence-corrected chi connectivity index (χ0v) is 24.8. The second-order valence-electron chi connectivity index (χ2n) is 10.7. The summed E-state index contributed by atoms with van der Waals surface area (Å²) in [6.45, 7) is 3.37. The summed E-state index contributed by atoms with van der Waals surface area (Å²) in [5.41, 5.74) is 3.48. The normalized spacial score (nSPS) is 18.7. The number of ether oxygens (including phenoxy) is 4. The predicted octanol–water partition coefficient (Wildman–Crippen LogP) is 5.46. The average molecular weight is 590 g/mol. The largest absolute Gasteiger partial charge is 0.497 e. The molecule has 43 heavy (non-hydrogen) atoms. The molecule has 2 aliphatic heterocycles. The number of carbonyl (C=O) groups is 2. The van der Waals surface area contributed by atoms with Crippen LogP contribution in [0, 0.1) is 11.7 Å². The number of rotatable bonds is 9. The van der Waals surface area contributed by atoms with E-state index in [9.17, 15) is 14.0 Å². The quantitative estimate of drug-likeness (QED) is 0.304. The molecule has 2 aliphatic rings. The Balaban J connectivity index is 1.28. The van der Waals surface area contributed by atoms with Gasteiger partial charge in [-0.25, -0.2) is 9.18 Å². The number of hydrazone groups is 1. The highest BCUT2D eigenvalue weighted by Gasteiger charge is 2.37. The molecule has 0 saturated carbocycles. The number of nitrogens with zero attached hydrogens (tertiary/aromatic N) is 3. The van der Waals surface area contributed by atoms with Gasteiger partial charge in [-0.05, 0) is 54.1 Å². The van der Waals surface area contributed by atoms with Crippen LogP contribution in [0.15, 0.2) is 71.8 Å². The minimum Gasteiger partial charge on any atom is -0.497 e. The molecule has 3 aromatic carbocycles. The number of anilines is 2. The summed E-state index contributed by atoms with van der Waals surface area (Å²) in [6.07, 6.45) is 1.68. The second kappa shape index (κ2) is 13.1. The van der Waals surface area contributed by atoms with Gasteiger partial charge in [0, 0.05) is 37.9 Å². The van der Waals surface area contributed by atoms with Crippen molar-refractivity contribution in [2.75, 3.05) is 44.3 Å². The lowest BCUT2D eigenvalue weighted by atomic mass is 9.90. The van der Waals surface area contributed by atoms with E-state index in [2.05, 4.69) is 0 Å². The Bertz CT molecular complexity index is 1470. The monoisotopic (exact) mass is 589 g/mol. The van der Waals surface area contributed by atoms with E-state index in [1.54, 1.807) is 31.4 Å². The van der Waals surface area contributed by atoms with E-state index in [0.29, 0.717) is 30.1 Å². The Morgan fingerprint density at radius 3 is 2.21 bits per heavy atom. The summed E-state index contributed by atoms with van der Waals surface area (Å²) in [6, 6.07) is 19.3. The van der Waals surface area contributed by atoms with Gasteiger partial charge in [0.25, 0.3) is 0 Å². The van der Waals surface area contributed by atoms with E-state index in [1.807, 2.05) is 53.2 Å². The average Bonchev–Trinajstić information content (AvgIpc) is 3.36. The molecule has 0 aliphatic carbocycles. The second-order valence-corrected chi connectivity index (χ2v) is 10.7. The number of carbonyl (C=O) groups excluding carboxylic acids is 2. The molecule has 0 spiro atoms. The van der Waals surface area contributed by atoms with Crippen molar-refractivity contribution in [3.63, 3.8) is 0 Å². The van der Waals surface area contributed by atoms with Crippen LogP contribution in [-0.4, -0.2) is 64.2 Å². The van der Waals surface area contributed by atoms with Crippen molar-refractivity contribution < 1.29 is 32.9 Å². The third kappa shape index (κ3) is 6.58. The summed E-state index contributed by atoms with van der Waals surface area (Å²) in [7, 11) is 4.30. The van der Waals surface area contributed by atoms with Crippen molar-refractivity contribution in [1.29, 1.82) is 0 Å². The molecule has 0 aromatic heterocycles. The molecule has 10 heteroatoms. The molecule has 0 bridgehead atoms. The van der Waals surface area contributed by atoms with Gasteiger partial charge in [0.05, 0.1) is 56.4 Å². The van der Waals surface area contributed by atoms with Gasteiger partial charge in [0.1, 0.15) is 23.4 Å². The van der Waals surface area contributed by atoms with Gasteiger partial charge in [-0.1, -0.05) is 19.1 Å². The van der Waals surface area contributed by atoms with Crippen LogP contribution in [0.4, 0.5) is 15.8 Å². The first kappa shape index (κ1) is 29.9. The van der Waals surface area contributed by atoms with Crippen LogP contribution in [-0.2, 0) is 14.3 Å². The highest BCUT2D eigenvalue weighted by Crippen LogP contribution is 2.34. The molecule has 5 rings (SSSR count). The van der Waals surface area contributed by atoms with Crippen LogP contribution >= 0.6 is 0 Å².